The number of nitrogens with one attached hydrogen (secondary N) is 2. The van der Waals surface area contributed by atoms with E-state index in [1.54, 1.807) is 42.5 Å². The predicted octanol–water partition coefficient (Wildman–Crippen LogP) is 2.68. The van der Waals surface area contributed by atoms with Crippen molar-refractivity contribution in [1.82, 2.24) is 9.62 Å². The minimum absolute atomic E-state index is 0.204. The highest BCUT2D eigenvalue weighted by Gasteiger charge is 2.33. The molecule has 0 spiro atoms. The summed E-state index contributed by atoms with van der Waals surface area (Å²) in [4.78, 5) is 24.4. The van der Waals surface area contributed by atoms with Crippen molar-refractivity contribution in [2.75, 3.05) is 18.4 Å². The third-order valence-electron chi connectivity index (χ3n) is 5.20. The summed E-state index contributed by atoms with van der Waals surface area (Å²) in [6.45, 7) is 2.63. The van der Waals surface area contributed by atoms with E-state index in [2.05, 4.69) is 10.6 Å². The zero-order chi connectivity index (χ0) is 21.6. The molecule has 1 atom stereocenters. The number of anilines is 1. The standard InChI is InChI=1S/C22H27N3O4S/c1-17-10-12-18(13-11-17)24-22(27)21(26)23-15-14-19-7-5-6-16-25(19)30(28,29)20-8-3-2-4-9-20/h2-4,8-13,19H,5-7,14-16H2,1H3,(H,23,26)(H,24,27)/t19-/m0/s1. The average Bonchev–Trinajstić information content (AvgIpc) is 2.76. The Balaban J connectivity index is 1.55. The molecule has 2 aromatic rings. The van der Waals surface area contributed by atoms with Crippen LogP contribution in [0.25, 0.3) is 0 Å². The van der Waals surface area contributed by atoms with E-state index >= 15 is 0 Å². The fourth-order valence-electron chi connectivity index (χ4n) is 3.56. The Hall–Kier alpha value is -2.71. The van der Waals surface area contributed by atoms with Crippen molar-refractivity contribution in [1.29, 1.82) is 0 Å². The molecule has 2 N–H and O–H groups in total. The monoisotopic (exact) mass is 429 g/mol. The van der Waals surface area contributed by atoms with E-state index in [0.29, 0.717) is 18.7 Å². The summed E-state index contributed by atoms with van der Waals surface area (Å²) in [5, 5.41) is 5.16. The maximum absolute atomic E-state index is 13.0. The smallest absolute Gasteiger partial charge is 0.313 e. The fourth-order valence-corrected chi connectivity index (χ4v) is 5.31. The Morgan fingerprint density at radius 2 is 1.70 bits per heavy atom. The van der Waals surface area contributed by atoms with Gasteiger partial charge in [0.2, 0.25) is 10.0 Å². The van der Waals surface area contributed by atoms with Gasteiger partial charge in [0.15, 0.2) is 0 Å². The molecule has 0 saturated carbocycles. The average molecular weight is 430 g/mol. The molecule has 0 aromatic heterocycles. The second-order valence-electron chi connectivity index (χ2n) is 7.44. The van der Waals surface area contributed by atoms with Crippen molar-refractivity contribution in [3.63, 3.8) is 0 Å². The topological polar surface area (TPSA) is 95.6 Å². The Bertz CT molecular complexity index is 975. The van der Waals surface area contributed by atoms with Crippen LogP contribution in [0.2, 0.25) is 0 Å². The van der Waals surface area contributed by atoms with Gasteiger partial charge in [0.05, 0.1) is 4.90 Å². The molecule has 0 unspecified atom stereocenters. The van der Waals surface area contributed by atoms with E-state index in [1.165, 1.54) is 4.31 Å². The molecule has 0 bridgehead atoms. The Kier molecular flexibility index (Phi) is 7.23. The lowest BCUT2D eigenvalue weighted by Crippen LogP contribution is -2.45. The molecule has 30 heavy (non-hydrogen) atoms. The van der Waals surface area contributed by atoms with Crippen molar-refractivity contribution in [2.24, 2.45) is 0 Å². The lowest BCUT2D eigenvalue weighted by molar-refractivity contribution is -0.136. The van der Waals surface area contributed by atoms with Crippen molar-refractivity contribution < 1.29 is 18.0 Å². The van der Waals surface area contributed by atoms with E-state index < -0.39 is 21.8 Å². The highest BCUT2D eigenvalue weighted by atomic mass is 32.2. The SMILES string of the molecule is Cc1ccc(NC(=O)C(=O)NCC[C@@H]2CCCCN2S(=O)(=O)c2ccccc2)cc1. The van der Waals surface area contributed by atoms with Gasteiger partial charge in [-0.3, -0.25) is 9.59 Å². The molecule has 2 amide bonds. The van der Waals surface area contributed by atoms with Crippen molar-refractivity contribution >= 4 is 27.5 Å². The van der Waals surface area contributed by atoms with Crippen LogP contribution >= 0.6 is 0 Å². The molecule has 1 heterocycles. The van der Waals surface area contributed by atoms with Crippen LogP contribution in [0.3, 0.4) is 0 Å². The van der Waals surface area contributed by atoms with Crippen LogP contribution < -0.4 is 10.6 Å². The minimum atomic E-state index is -3.58. The molecule has 7 nitrogen and oxygen atoms in total. The lowest BCUT2D eigenvalue weighted by Gasteiger charge is -2.34. The number of carbonyl (C=O) groups is 2. The number of amides is 2. The van der Waals surface area contributed by atoms with Gasteiger partial charge in [0.25, 0.3) is 0 Å². The van der Waals surface area contributed by atoms with Gasteiger partial charge in [-0.15, -0.1) is 0 Å². The number of carbonyl (C=O) groups excluding carboxylic acids is 2. The van der Waals surface area contributed by atoms with Gasteiger partial charge in [0, 0.05) is 24.8 Å². The van der Waals surface area contributed by atoms with Gasteiger partial charge in [-0.05, 0) is 50.5 Å². The molecule has 1 aliphatic heterocycles. The van der Waals surface area contributed by atoms with Crippen LogP contribution in [-0.2, 0) is 19.6 Å². The molecule has 1 fully saturated rings. The lowest BCUT2D eigenvalue weighted by atomic mass is 10.0. The third kappa shape index (κ3) is 5.46. The molecule has 1 saturated heterocycles. The highest BCUT2D eigenvalue weighted by Crippen LogP contribution is 2.26. The summed E-state index contributed by atoms with van der Waals surface area (Å²) >= 11 is 0. The first-order valence-electron chi connectivity index (χ1n) is 10.1. The van der Waals surface area contributed by atoms with E-state index in [9.17, 15) is 18.0 Å². The summed E-state index contributed by atoms with van der Waals surface area (Å²) in [6.07, 6.45) is 2.94. The van der Waals surface area contributed by atoms with Gasteiger partial charge >= 0.3 is 11.8 Å². The number of hydrogen-bond donors (Lipinski definition) is 2. The molecule has 3 rings (SSSR count). The predicted molar refractivity (Wildman–Crippen MR) is 115 cm³/mol. The van der Waals surface area contributed by atoms with Gasteiger partial charge < -0.3 is 10.6 Å². The summed E-state index contributed by atoms with van der Waals surface area (Å²) in [6, 6.07) is 15.3. The first-order valence-corrected chi connectivity index (χ1v) is 11.5. The molecule has 0 radical (unpaired) electrons. The van der Waals surface area contributed by atoms with Crippen molar-refractivity contribution in [2.45, 2.75) is 43.5 Å². The Morgan fingerprint density at radius 1 is 1.00 bits per heavy atom. The second-order valence-corrected chi connectivity index (χ2v) is 9.33. The molecule has 2 aromatic carbocycles. The largest absolute Gasteiger partial charge is 0.348 e. The van der Waals surface area contributed by atoms with Gasteiger partial charge in [-0.1, -0.05) is 42.3 Å². The number of aryl methyl sites for hydroxylation is 1. The summed E-state index contributed by atoms with van der Waals surface area (Å²) in [5.74, 6) is -1.47. The van der Waals surface area contributed by atoms with E-state index in [4.69, 9.17) is 0 Å². The third-order valence-corrected chi connectivity index (χ3v) is 7.17. The highest BCUT2D eigenvalue weighted by molar-refractivity contribution is 7.89. The van der Waals surface area contributed by atoms with Crippen LogP contribution in [0, 0.1) is 6.92 Å². The quantitative estimate of drug-likeness (QED) is 0.690. The number of piperidine rings is 1. The number of hydrogen-bond acceptors (Lipinski definition) is 4. The molecule has 1 aliphatic rings. The van der Waals surface area contributed by atoms with Gasteiger partial charge in [0.1, 0.15) is 0 Å². The zero-order valence-corrected chi connectivity index (χ0v) is 17.8. The summed E-state index contributed by atoms with van der Waals surface area (Å²) < 4.78 is 27.5. The van der Waals surface area contributed by atoms with Crippen molar-refractivity contribution in [3.8, 4) is 0 Å². The first-order chi connectivity index (χ1) is 14.4. The maximum Gasteiger partial charge on any atom is 0.313 e. The van der Waals surface area contributed by atoms with Crippen LogP contribution in [-0.4, -0.2) is 43.7 Å². The number of sulfonamides is 1. The Labute approximate surface area is 177 Å². The summed E-state index contributed by atoms with van der Waals surface area (Å²) in [7, 11) is -3.58. The second kappa shape index (κ2) is 9.86. The molecular weight excluding hydrogens is 402 g/mol. The molecule has 0 aliphatic carbocycles. The Morgan fingerprint density at radius 3 is 2.40 bits per heavy atom. The normalized spacial score (nSPS) is 17.3. The summed E-state index contributed by atoms with van der Waals surface area (Å²) in [5.41, 5.74) is 1.60. The van der Waals surface area contributed by atoms with Crippen LogP contribution in [0.1, 0.15) is 31.2 Å². The van der Waals surface area contributed by atoms with E-state index in [0.717, 1.165) is 24.8 Å². The van der Waals surface area contributed by atoms with Crippen LogP contribution in [0.5, 0.6) is 0 Å². The molecular formula is C22H27N3O4S. The number of rotatable bonds is 6. The number of nitrogens with zero attached hydrogens (tertiary/aromatic N) is 1. The maximum atomic E-state index is 13.0. The first kappa shape index (κ1) is 22.0. The molecule has 8 heteroatoms. The number of benzene rings is 2. The molecule has 160 valence electrons. The van der Waals surface area contributed by atoms with E-state index in [1.807, 2.05) is 19.1 Å². The van der Waals surface area contributed by atoms with E-state index in [-0.39, 0.29) is 17.5 Å². The van der Waals surface area contributed by atoms with Crippen LogP contribution in [0.15, 0.2) is 59.5 Å². The fraction of sp³-hybridized carbons (Fsp3) is 0.364. The van der Waals surface area contributed by atoms with Gasteiger partial charge in [-0.25, -0.2) is 8.42 Å². The van der Waals surface area contributed by atoms with Crippen LogP contribution in [0.4, 0.5) is 5.69 Å². The minimum Gasteiger partial charge on any atom is -0.348 e. The zero-order valence-electron chi connectivity index (χ0n) is 17.0. The van der Waals surface area contributed by atoms with Gasteiger partial charge in [-0.2, -0.15) is 4.31 Å². The van der Waals surface area contributed by atoms with Crippen molar-refractivity contribution in [3.05, 3.63) is 60.2 Å².